The molecular weight excluding hydrogens is 289 g/mol. The first-order valence-electron chi connectivity index (χ1n) is 6.87. The first kappa shape index (κ1) is 15.4. The van der Waals surface area contributed by atoms with Gasteiger partial charge < -0.3 is 5.32 Å². The van der Waals surface area contributed by atoms with Gasteiger partial charge in [-0.2, -0.15) is 0 Å². The molecule has 3 heteroatoms. The molecule has 0 aliphatic rings. The lowest BCUT2D eigenvalue weighted by Gasteiger charge is -2.23. The van der Waals surface area contributed by atoms with Crippen molar-refractivity contribution in [3.63, 3.8) is 0 Å². The first-order chi connectivity index (χ1) is 9.61. The summed E-state index contributed by atoms with van der Waals surface area (Å²) in [6, 6.07) is 16.8. The molecule has 0 amide bonds. The molecule has 0 fully saturated rings. The number of benzene rings is 2. The molecule has 20 heavy (non-hydrogen) atoms. The number of hydrogen-bond acceptors (Lipinski definition) is 1. The summed E-state index contributed by atoms with van der Waals surface area (Å²) in [6.07, 6.45) is 0.995. The van der Waals surface area contributed by atoms with Gasteiger partial charge in [-0.3, -0.25) is 0 Å². The standard InChI is InChI=1S/C17H19Cl2N/c1-3-17(14-9-10-15(18)16(19)11-14)20-12(2)13-7-5-4-6-8-13/h4-12,17,20H,3H2,1-2H3/t12-,17?/m1/s1. The molecule has 1 nitrogen and oxygen atoms in total. The predicted octanol–water partition coefficient (Wildman–Crippen LogP) is 5.80. The highest BCUT2D eigenvalue weighted by Crippen LogP contribution is 2.28. The molecule has 106 valence electrons. The third-order valence-corrected chi connectivity index (χ3v) is 4.24. The lowest BCUT2D eigenvalue weighted by Crippen LogP contribution is -2.24. The van der Waals surface area contributed by atoms with Crippen molar-refractivity contribution in [1.82, 2.24) is 5.32 Å². The Kier molecular flexibility index (Phi) is 5.47. The molecule has 2 rings (SSSR count). The monoisotopic (exact) mass is 307 g/mol. The van der Waals surface area contributed by atoms with Crippen LogP contribution in [0.5, 0.6) is 0 Å². The molecule has 0 heterocycles. The van der Waals surface area contributed by atoms with Crippen molar-refractivity contribution in [3.05, 3.63) is 69.7 Å². The maximum atomic E-state index is 6.11. The van der Waals surface area contributed by atoms with Gasteiger partial charge in [0, 0.05) is 12.1 Å². The van der Waals surface area contributed by atoms with Crippen molar-refractivity contribution in [1.29, 1.82) is 0 Å². The Morgan fingerprint density at radius 2 is 1.65 bits per heavy atom. The van der Waals surface area contributed by atoms with E-state index >= 15 is 0 Å². The van der Waals surface area contributed by atoms with Crippen LogP contribution in [0.1, 0.15) is 43.5 Å². The second-order valence-electron chi connectivity index (χ2n) is 4.93. The van der Waals surface area contributed by atoms with Crippen LogP contribution in [0.3, 0.4) is 0 Å². The average molecular weight is 308 g/mol. The fraction of sp³-hybridized carbons (Fsp3) is 0.294. The fourth-order valence-electron chi connectivity index (χ4n) is 2.32. The van der Waals surface area contributed by atoms with Crippen LogP contribution in [0.4, 0.5) is 0 Å². The van der Waals surface area contributed by atoms with Crippen LogP contribution in [-0.4, -0.2) is 0 Å². The summed E-state index contributed by atoms with van der Waals surface area (Å²) in [5, 5.41) is 4.85. The third-order valence-electron chi connectivity index (χ3n) is 3.51. The fourth-order valence-corrected chi connectivity index (χ4v) is 2.63. The van der Waals surface area contributed by atoms with Gasteiger partial charge in [0.2, 0.25) is 0 Å². The topological polar surface area (TPSA) is 12.0 Å². The number of nitrogens with one attached hydrogen (secondary N) is 1. The van der Waals surface area contributed by atoms with Crippen molar-refractivity contribution in [2.45, 2.75) is 32.4 Å². The van der Waals surface area contributed by atoms with E-state index in [9.17, 15) is 0 Å². The smallest absolute Gasteiger partial charge is 0.0595 e. The van der Waals surface area contributed by atoms with Crippen LogP contribution in [0.2, 0.25) is 10.0 Å². The van der Waals surface area contributed by atoms with Crippen LogP contribution in [0.25, 0.3) is 0 Å². The summed E-state index contributed by atoms with van der Waals surface area (Å²) in [5.41, 5.74) is 2.45. The summed E-state index contributed by atoms with van der Waals surface area (Å²) >= 11 is 12.1. The molecule has 0 aliphatic heterocycles. The minimum absolute atomic E-state index is 0.264. The number of halogens is 2. The summed E-state index contributed by atoms with van der Waals surface area (Å²) in [5.74, 6) is 0. The molecule has 2 atom stereocenters. The number of hydrogen-bond donors (Lipinski definition) is 1. The Morgan fingerprint density at radius 1 is 0.950 bits per heavy atom. The molecule has 0 saturated heterocycles. The number of rotatable bonds is 5. The highest BCUT2D eigenvalue weighted by atomic mass is 35.5. The van der Waals surface area contributed by atoms with Gasteiger partial charge >= 0.3 is 0 Å². The summed E-state index contributed by atoms with van der Waals surface area (Å²) in [7, 11) is 0. The minimum atomic E-state index is 0.264. The molecular formula is C17H19Cl2N. The van der Waals surface area contributed by atoms with Crippen molar-refractivity contribution < 1.29 is 0 Å². The van der Waals surface area contributed by atoms with E-state index in [4.69, 9.17) is 23.2 Å². The van der Waals surface area contributed by atoms with Gasteiger partial charge in [-0.05, 0) is 36.6 Å². The summed E-state index contributed by atoms with van der Waals surface area (Å²) in [4.78, 5) is 0. The zero-order valence-corrected chi connectivity index (χ0v) is 13.2. The Hall–Kier alpha value is -1.02. The SMILES string of the molecule is CCC(N[C@H](C)c1ccccc1)c1ccc(Cl)c(Cl)c1. The normalized spacial score (nSPS) is 14.0. The van der Waals surface area contributed by atoms with Crippen LogP contribution >= 0.6 is 23.2 Å². The molecule has 1 N–H and O–H groups in total. The van der Waals surface area contributed by atoms with Gasteiger partial charge in [-0.1, -0.05) is 66.5 Å². The third kappa shape index (κ3) is 3.76. The quantitative estimate of drug-likeness (QED) is 0.736. The van der Waals surface area contributed by atoms with E-state index in [1.807, 2.05) is 24.3 Å². The summed E-state index contributed by atoms with van der Waals surface area (Å²) in [6.45, 7) is 4.34. The Labute approximate surface area is 130 Å². The van der Waals surface area contributed by atoms with Gasteiger partial charge in [0.1, 0.15) is 0 Å². The van der Waals surface area contributed by atoms with E-state index in [0.29, 0.717) is 10.0 Å². The van der Waals surface area contributed by atoms with Crippen LogP contribution in [0.15, 0.2) is 48.5 Å². The highest BCUT2D eigenvalue weighted by Gasteiger charge is 2.14. The molecule has 2 aromatic carbocycles. The van der Waals surface area contributed by atoms with Crippen LogP contribution in [-0.2, 0) is 0 Å². The second-order valence-corrected chi connectivity index (χ2v) is 5.75. The molecule has 0 bridgehead atoms. The van der Waals surface area contributed by atoms with E-state index in [0.717, 1.165) is 6.42 Å². The van der Waals surface area contributed by atoms with Gasteiger partial charge in [-0.25, -0.2) is 0 Å². The van der Waals surface area contributed by atoms with Crippen molar-refractivity contribution in [2.75, 3.05) is 0 Å². The zero-order chi connectivity index (χ0) is 14.5. The van der Waals surface area contributed by atoms with Crippen LogP contribution < -0.4 is 5.32 Å². The lowest BCUT2D eigenvalue weighted by atomic mass is 10.0. The highest BCUT2D eigenvalue weighted by molar-refractivity contribution is 6.42. The Balaban J connectivity index is 2.14. The minimum Gasteiger partial charge on any atom is -0.303 e. The maximum absolute atomic E-state index is 6.11. The van der Waals surface area contributed by atoms with E-state index < -0.39 is 0 Å². The average Bonchev–Trinajstić information content (AvgIpc) is 2.48. The van der Waals surface area contributed by atoms with Crippen molar-refractivity contribution >= 4 is 23.2 Å². The van der Waals surface area contributed by atoms with Crippen molar-refractivity contribution in [3.8, 4) is 0 Å². The maximum Gasteiger partial charge on any atom is 0.0595 e. The zero-order valence-electron chi connectivity index (χ0n) is 11.7. The van der Waals surface area contributed by atoms with Gasteiger partial charge in [0.05, 0.1) is 10.0 Å². The van der Waals surface area contributed by atoms with E-state index in [1.54, 1.807) is 0 Å². The molecule has 1 unspecified atom stereocenters. The Morgan fingerprint density at radius 3 is 2.25 bits per heavy atom. The summed E-state index contributed by atoms with van der Waals surface area (Å²) < 4.78 is 0. The molecule has 0 saturated carbocycles. The van der Waals surface area contributed by atoms with Gasteiger partial charge in [0.15, 0.2) is 0 Å². The largest absolute Gasteiger partial charge is 0.303 e. The molecule has 0 aliphatic carbocycles. The van der Waals surface area contributed by atoms with Gasteiger partial charge in [0.25, 0.3) is 0 Å². The predicted molar refractivity (Wildman–Crippen MR) is 87.5 cm³/mol. The van der Waals surface area contributed by atoms with E-state index in [-0.39, 0.29) is 12.1 Å². The van der Waals surface area contributed by atoms with Crippen LogP contribution in [0, 0.1) is 0 Å². The molecule has 0 spiro atoms. The lowest BCUT2D eigenvalue weighted by molar-refractivity contribution is 0.456. The second kappa shape index (κ2) is 7.12. The molecule has 0 radical (unpaired) electrons. The van der Waals surface area contributed by atoms with E-state index in [2.05, 4.69) is 43.4 Å². The van der Waals surface area contributed by atoms with Gasteiger partial charge in [-0.15, -0.1) is 0 Å². The van der Waals surface area contributed by atoms with E-state index in [1.165, 1.54) is 11.1 Å². The first-order valence-corrected chi connectivity index (χ1v) is 7.63. The molecule has 2 aromatic rings. The molecule has 0 aromatic heterocycles. The van der Waals surface area contributed by atoms with Crippen molar-refractivity contribution in [2.24, 2.45) is 0 Å². The Bertz CT molecular complexity index is 554.